The first-order chi connectivity index (χ1) is 13.3. The highest BCUT2D eigenvalue weighted by Gasteiger charge is 2.40. The zero-order valence-corrected chi connectivity index (χ0v) is 16.9. The molecule has 2 atom stereocenters. The number of amides is 1. The fourth-order valence-corrected chi connectivity index (χ4v) is 4.08. The molecule has 0 radical (unpaired) electrons. The van der Waals surface area contributed by atoms with Crippen molar-refractivity contribution >= 4 is 23.5 Å². The number of hydrogen-bond donors (Lipinski definition) is 0. The van der Waals surface area contributed by atoms with Gasteiger partial charge in [0.2, 0.25) is 5.91 Å². The van der Waals surface area contributed by atoms with E-state index in [2.05, 4.69) is 0 Å². The topological polar surface area (TPSA) is 72.9 Å². The van der Waals surface area contributed by atoms with E-state index >= 15 is 0 Å². The molecule has 0 saturated heterocycles. The first-order valence-electron chi connectivity index (χ1n) is 10.0. The minimum absolute atomic E-state index is 0.0103. The molecule has 1 fully saturated rings. The molecule has 6 heteroatoms. The Kier molecular flexibility index (Phi) is 6.06. The minimum Gasteiger partial charge on any atom is -0.457 e. The molecular weight excluding hydrogens is 358 g/mol. The molecule has 6 nitrogen and oxygen atoms in total. The van der Waals surface area contributed by atoms with Crippen molar-refractivity contribution in [2.24, 2.45) is 11.8 Å². The maximum absolute atomic E-state index is 13.2. The van der Waals surface area contributed by atoms with Crippen LogP contribution in [0.3, 0.4) is 0 Å². The Morgan fingerprint density at radius 2 is 1.75 bits per heavy atom. The maximum atomic E-state index is 13.2. The zero-order chi connectivity index (χ0) is 20.3. The second kappa shape index (κ2) is 8.33. The second-order valence-electron chi connectivity index (χ2n) is 8.56. The van der Waals surface area contributed by atoms with Crippen molar-refractivity contribution in [1.82, 2.24) is 0 Å². The third-order valence-electron chi connectivity index (χ3n) is 5.29. The molecule has 1 aromatic rings. The highest BCUT2D eigenvalue weighted by atomic mass is 16.6. The molecule has 28 heavy (non-hydrogen) atoms. The number of fused-ring (bicyclic) bond motifs is 1. The lowest BCUT2D eigenvalue weighted by Gasteiger charge is -2.32. The number of hydrogen-bond acceptors (Lipinski definition) is 5. The molecule has 0 aromatic heterocycles. The Balaban J connectivity index is 1.65. The van der Waals surface area contributed by atoms with Gasteiger partial charge in [-0.3, -0.25) is 9.59 Å². The van der Waals surface area contributed by atoms with Crippen molar-refractivity contribution in [1.29, 1.82) is 0 Å². The van der Waals surface area contributed by atoms with Crippen LogP contribution in [0.1, 0.15) is 52.0 Å². The highest BCUT2D eigenvalue weighted by molar-refractivity contribution is 5.99. The lowest BCUT2D eigenvalue weighted by molar-refractivity contribution is -0.170. The van der Waals surface area contributed by atoms with Crippen molar-refractivity contribution in [3.05, 3.63) is 29.8 Å². The zero-order valence-electron chi connectivity index (χ0n) is 16.9. The van der Waals surface area contributed by atoms with Gasteiger partial charge in [-0.15, -0.1) is 0 Å². The van der Waals surface area contributed by atoms with Gasteiger partial charge in [0, 0.05) is 12.2 Å². The molecule has 152 valence electrons. The van der Waals surface area contributed by atoms with Gasteiger partial charge >= 0.3 is 11.9 Å². The molecule has 1 amide bonds. The van der Waals surface area contributed by atoms with Crippen LogP contribution in [0.5, 0.6) is 0 Å². The summed E-state index contributed by atoms with van der Waals surface area (Å²) in [5.41, 5.74) is 1.48. The SMILES string of the molecule is CC(C)(C)OC(=O)COC(=O)[C@H]1CCCC[C@@H]1C(=O)N1CCc2ccccc21. The summed E-state index contributed by atoms with van der Waals surface area (Å²) in [5.74, 6) is -1.96. The highest BCUT2D eigenvalue weighted by Crippen LogP contribution is 2.36. The average Bonchev–Trinajstić information content (AvgIpc) is 3.08. The number of carbonyl (C=O) groups is 3. The van der Waals surface area contributed by atoms with Crippen molar-refractivity contribution < 1.29 is 23.9 Å². The third kappa shape index (κ3) is 4.72. The standard InChI is InChI=1S/C22H29NO5/c1-22(2,3)28-19(24)14-27-21(26)17-10-6-5-9-16(17)20(25)23-13-12-15-8-4-7-11-18(15)23/h4,7-8,11,16-17H,5-6,9-10,12-14H2,1-3H3/t16-,17-/m0/s1. The Morgan fingerprint density at radius 1 is 1.07 bits per heavy atom. The van der Waals surface area contributed by atoms with E-state index in [1.54, 1.807) is 25.7 Å². The van der Waals surface area contributed by atoms with Crippen molar-refractivity contribution in [3.8, 4) is 0 Å². The van der Waals surface area contributed by atoms with Gasteiger partial charge in [0.25, 0.3) is 0 Å². The summed E-state index contributed by atoms with van der Waals surface area (Å²) >= 11 is 0. The molecule has 0 unspecified atom stereocenters. The molecule has 3 rings (SSSR count). The van der Waals surface area contributed by atoms with Crippen LogP contribution >= 0.6 is 0 Å². The van der Waals surface area contributed by atoms with Crippen molar-refractivity contribution in [3.63, 3.8) is 0 Å². The predicted octanol–water partition coefficient (Wildman–Crippen LogP) is 3.27. The third-order valence-corrected chi connectivity index (χ3v) is 5.29. The average molecular weight is 387 g/mol. The molecule has 0 spiro atoms. The van der Waals surface area contributed by atoms with Crippen molar-refractivity contribution in [2.75, 3.05) is 18.1 Å². The number of benzene rings is 1. The lowest BCUT2D eigenvalue weighted by atomic mass is 9.78. The molecule has 0 bridgehead atoms. The van der Waals surface area contributed by atoms with E-state index in [0.29, 0.717) is 19.4 Å². The predicted molar refractivity (Wildman–Crippen MR) is 105 cm³/mol. The summed E-state index contributed by atoms with van der Waals surface area (Å²) in [6, 6.07) is 7.90. The quantitative estimate of drug-likeness (QED) is 0.742. The van der Waals surface area contributed by atoms with Crippen LogP contribution in [0.2, 0.25) is 0 Å². The molecule has 1 heterocycles. The van der Waals surface area contributed by atoms with Crippen LogP contribution in [0, 0.1) is 11.8 Å². The van der Waals surface area contributed by atoms with E-state index in [9.17, 15) is 14.4 Å². The van der Waals surface area contributed by atoms with Gasteiger partial charge in [0.15, 0.2) is 6.61 Å². The monoisotopic (exact) mass is 387 g/mol. The Labute approximate surface area is 166 Å². The van der Waals surface area contributed by atoms with Crippen LogP contribution in [0.25, 0.3) is 0 Å². The number of ether oxygens (including phenoxy) is 2. The molecular formula is C22H29NO5. The number of esters is 2. The van der Waals surface area contributed by atoms with Gasteiger partial charge in [-0.05, 0) is 51.7 Å². The number of anilines is 1. The Morgan fingerprint density at radius 3 is 2.46 bits per heavy atom. The van der Waals surface area contributed by atoms with Crippen LogP contribution in [0.15, 0.2) is 24.3 Å². The van der Waals surface area contributed by atoms with E-state index in [1.165, 1.54) is 0 Å². The maximum Gasteiger partial charge on any atom is 0.344 e. The van der Waals surface area contributed by atoms with E-state index < -0.39 is 36.0 Å². The summed E-state index contributed by atoms with van der Waals surface area (Å²) in [4.78, 5) is 39.5. The van der Waals surface area contributed by atoms with E-state index in [0.717, 1.165) is 30.5 Å². The Hall–Kier alpha value is -2.37. The molecule has 1 saturated carbocycles. The second-order valence-corrected chi connectivity index (χ2v) is 8.56. The number of nitrogens with zero attached hydrogens (tertiary/aromatic N) is 1. The first-order valence-corrected chi connectivity index (χ1v) is 10.0. The van der Waals surface area contributed by atoms with Gasteiger partial charge in [0.1, 0.15) is 5.60 Å². The Bertz CT molecular complexity index is 752. The summed E-state index contributed by atoms with van der Waals surface area (Å²) in [7, 11) is 0. The molecule has 0 N–H and O–H groups in total. The largest absolute Gasteiger partial charge is 0.457 e. The van der Waals surface area contributed by atoms with E-state index in [4.69, 9.17) is 9.47 Å². The molecule has 1 aliphatic carbocycles. The van der Waals surface area contributed by atoms with Gasteiger partial charge < -0.3 is 14.4 Å². The fraction of sp³-hybridized carbons (Fsp3) is 0.591. The summed E-state index contributed by atoms with van der Waals surface area (Å²) < 4.78 is 10.4. The van der Waals surface area contributed by atoms with E-state index in [-0.39, 0.29) is 5.91 Å². The number of rotatable bonds is 4. The smallest absolute Gasteiger partial charge is 0.344 e. The minimum atomic E-state index is -0.629. The lowest BCUT2D eigenvalue weighted by Crippen LogP contribution is -2.42. The number of carbonyl (C=O) groups excluding carboxylic acids is 3. The van der Waals surface area contributed by atoms with Crippen LogP contribution in [0.4, 0.5) is 5.69 Å². The van der Waals surface area contributed by atoms with Gasteiger partial charge in [0.05, 0.1) is 11.8 Å². The molecule has 1 aliphatic heterocycles. The number of para-hydroxylation sites is 1. The van der Waals surface area contributed by atoms with Crippen LogP contribution in [-0.2, 0) is 30.3 Å². The van der Waals surface area contributed by atoms with Crippen LogP contribution in [-0.4, -0.2) is 36.6 Å². The van der Waals surface area contributed by atoms with Gasteiger partial charge in [-0.25, -0.2) is 4.79 Å². The summed E-state index contributed by atoms with van der Waals surface area (Å²) in [6.07, 6.45) is 3.92. The first kappa shape index (κ1) is 20.4. The van der Waals surface area contributed by atoms with Gasteiger partial charge in [-0.2, -0.15) is 0 Å². The summed E-state index contributed by atoms with van der Waals surface area (Å²) in [5, 5.41) is 0. The molecule has 1 aromatic carbocycles. The van der Waals surface area contributed by atoms with Crippen LogP contribution < -0.4 is 4.90 Å². The van der Waals surface area contributed by atoms with Crippen molar-refractivity contribution in [2.45, 2.75) is 58.5 Å². The summed E-state index contributed by atoms with van der Waals surface area (Å²) in [6.45, 7) is 5.51. The molecule has 2 aliphatic rings. The van der Waals surface area contributed by atoms with Gasteiger partial charge in [-0.1, -0.05) is 31.0 Å². The van der Waals surface area contributed by atoms with E-state index in [1.807, 2.05) is 24.3 Å². The fourth-order valence-electron chi connectivity index (χ4n) is 4.08. The normalized spacial score (nSPS) is 21.8.